The van der Waals surface area contributed by atoms with Crippen molar-refractivity contribution in [3.63, 3.8) is 0 Å². The molecule has 0 atom stereocenters. The molecule has 0 amide bonds. The van der Waals surface area contributed by atoms with Crippen LogP contribution < -0.4 is 0 Å². The summed E-state index contributed by atoms with van der Waals surface area (Å²) in [6.07, 6.45) is 3.42. The van der Waals surface area contributed by atoms with E-state index >= 15 is 0 Å². The summed E-state index contributed by atoms with van der Waals surface area (Å²) in [4.78, 5) is 15.0. The fourth-order valence-corrected chi connectivity index (χ4v) is 1.75. The number of carbonyl (C=O) groups is 1. The number of rotatable bonds is 3. The minimum atomic E-state index is -0.974. The predicted molar refractivity (Wildman–Crippen MR) is 68.9 cm³/mol. The summed E-state index contributed by atoms with van der Waals surface area (Å²) in [6.45, 7) is 0. The summed E-state index contributed by atoms with van der Waals surface area (Å²) >= 11 is 0. The lowest BCUT2D eigenvalue weighted by atomic mass is 10.1. The zero-order valence-corrected chi connectivity index (χ0v) is 10.5. The second-order valence-corrected chi connectivity index (χ2v) is 4.21. The SMILES string of the molecule is Cn1cc(-c2noc(-c3ccc(C(=O)O)cc3)n2)cn1. The molecule has 0 aliphatic heterocycles. The maximum Gasteiger partial charge on any atom is 0.335 e. The lowest BCUT2D eigenvalue weighted by Crippen LogP contribution is -1.94. The van der Waals surface area contributed by atoms with Crippen molar-refractivity contribution in [1.82, 2.24) is 19.9 Å². The highest BCUT2D eigenvalue weighted by molar-refractivity contribution is 5.88. The average molecular weight is 270 g/mol. The first-order valence-corrected chi connectivity index (χ1v) is 5.80. The molecule has 0 radical (unpaired) electrons. The monoisotopic (exact) mass is 270 g/mol. The van der Waals surface area contributed by atoms with E-state index in [9.17, 15) is 4.79 Å². The second-order valence-electron chi connectivity index (χ2n) is 4.21. The molecule has 0 aliphatic rings. The Balaban J connectivity index is 1.91. The largest absolute Gasteiger partial charge is 0.478 e. The number of aromatic carboxylic acids is 1. The number of hydrogen-bond acceptors (Lipinski definition) is 5. The molecule has 1 aromatic carbocycles. The van der Waals surface area contributed by atoms with Gasteiger partial charge in [0.1, 0.15) is 0 Å². The van der Waals surface area contributed by atoms with E-state index < -0.39 is 5.97 Å². The highest BCUT2D eigenvalue weighted by atomic mass is 16.5. The van der Waals surface area contributed by atoms with Crippen LogP contribution >= 0.6 is 0 Å². The summed E-state index contributed by atoms with van der Waals surface area (Å²) in [6, 6.07) is 6.24. The molecule has 7 heteroatoms. The highest BCUT2D eigenvalue weighted by Crippen LogP contribution is 2.22. The molecule has 3 rings (SSSR count). The topological polar surface area (TPSA) is 94.0 Å². The van der Waals surface area contributed by atoms with Gasteiger partial charge in [0.15, 0.2) is 0 Å². The Labute approximate surface area is 113 Å². The third kappa shape index (κ3) is 2.16. The van der Waals surface area contributed by atoms with Crippen LogP contribution in [-0.4, -0.2) is 31.0 Å². The second kappa shape index (κ2) is 4.61. The summed E-state index contributed by atoms with van der Waals surface area (Å²) in [5.74, 6) is -0.200. The minimum absolute atomic E-state index is 0.209. The molecule has 0 fully saturated rings. The zero-order valence-electron chi connectivity index (χ0n) is 10.5. The summed E-state index contributed by atoms with van der Waals surface area (Å²) in [5, 5.41) is 16.8. The van der Waals surface area contributed by atoms with Crippen molar-refractivity contribution in [1.29, 1.82) is 0 Å². The van der Waals surface area contributed by atoms with Crippen molar-refractivity contribution in [2.45, 2.75) is 0 Å². The first-order valence-electron chi connectivity index (χ1n) is 5.80. The molecule has 2 aromatic heterocycles. The minimum Gasteiger partial charge on any atom is -0.478 e. The lowest BCUT2D eigenvalue weighted by Gasteiger charge is -1.95. The van der Waals surface area contributed by atoms with E-state index in [-0.39, 0.29) is 5.56 Å². The van der Waals surface area contributed by atoms with Crippen LogP contribution in [0.5, 0.6) is 0 Å². The van der Waals surface area contributed by atoms with Gasteiger partial charge in [-0.2, -0.15) is 10.1 Å². The molecule has 0 aliphatic carbocycles. The molecular weight excluding hydrogens is 260 g/mol. The molecule has 100 valence electrons. The Hall–Kier alpha value is -2.96. The molecule has 0 spiro atoms. The number of benzene rings is 1. The van der Waals surface area contributed by atoms with Crippen LogP contribution in [0.3, 0.4) is 0 Å². The number of aryl methyl sites for hydroxylation is 1. The van der Waals surface area contributed by atoms with Crippen LogP contribution in [0.25, 0.3) is 22.8 Å². The van der Waals surface area contributed by atoms with Crippen LogP contribution in [0.15, 0.2) is 41.2 Å². The standard InChI is InChI=1S/C13H10N4O3/c1-17-7-10(6-14-17)11-15-12(20-16-11)8-2-4-9(5-3-8)13(18)19/h2-7H,1H3,(H,18,19). The molecule has 1 N–H and O–H groups in total. The predicted octanol–water partition coefficient (Wildman–Crippen LogP) is 1.84. The maximum absolute atomic E-state index is 10.8. The van der Waals surface area contributed by atoms with Crippen molar-refractivity contribution in [2.24, 2.45) is 7.05 Å². The molecule has 0 bridgehead atoms. The van der Waals surface area contributed by atoms with Crippen molar-refractivity contribution in [3.8, 4) is 22.8 Å². The van der Waals surface area contributed by atoms with E-state index in [1.54, 1.807) is 36.3 Å². The first kappa shape index (κ1) is 12.1. The van der Waals surface area contributed by atoms with Crippen LogP contribution in [-0.2, 0) is 7.05 Å². The smallest absolute Gasteiger partial charge is 0.335 e. The Bertz CT molecular complexity index is 758. The Morgan fingerprint density at radius 2 is 2.00 bits per heavy atom. The van der Waals surface area contributed by atoms with Gasteiger partial charge in [-0.15, -0.1) is 0 Å². The van der Waals surface area contributed by atoms with E-state index in [0.29, 0.717) is 17.3 Å². The Kier molecular flexibility index (Phi) is 2.79. The van der Waals surface area contributed by atoms with Gasteiger partial charge in [-0.25, -0.2) is 4.79 Å². The Morgan fingerprint density at radius 3 is 2.60 bits per heavy atom. The normalized spacial score (nSPS) is 10.7. The zero-order chi connectivity index (χ0) is 14.1. The lowest BCUT2D eigenvalue weighted by molar-refractivity contribution is 0.0697. The van der Waals surface area contributed by atoms with Gasteiger partial charge in [0.2, 0.25) is 5.82 Å². The summed E-state index contributed by atoms with van der Waals surface area (Å²) in [7, 11) is 1.80. The van der Waals surface area contributed by atoms with Crippen LogP contribution in [0.2, 0.25) is 0 Å². The number of aromatic nitrogens is 4. The van der Waals surface area contributed by atoms with Crippen molar-refractivity contribution < 1.29 is 14.4 Å². The van der Waals surface area contributed by atoms with Gasteiger partial charge in [-0.05, 0) is 24.3 Å². The van der Waals surface area contributed by atoms with Crippen LogP contribution in [0, 0.1) is 0 Å². The van der Waals surface area contributed by atoms with Crippen LogP contribution in [0.4, 0.5) is 0 Å². The summed E-state index contributed by atoms with van der Waals surface area (Å²) < 4.78 is 6.81. The van der Waals surface area contributed by atoms with Crippen molar-refractivity contribution in [2.75, 3.05) is 0 Å². The van der Waals surface area contributed by atoms with Gasteiger partial charge < -0.3 is 9.63 Å². The highest BCUT2D eigenvalue weighted by Gasteiger charge is 2.12. The third-order valence-electron chi connectivity index (χ3n) is 2.77. The molecule has 2 heterocycles. The molecule has 20 heavy (non-hydrogen) atoms. The maximum atomic E-state index is 10.8. The molecule has 0 saturated carbocycles. The first-order chi connectivity index (χ1) is 9.63. The van der Waals surface area contributed by atoms with Gasteiger partial charge in [0.05, 0.1) is 17.3 Å². The van der Waals surface area contributed by atoms with E-state index in [4.69, 9.17) is 9.63 Å². The Morgan fingerprint density at radius 1 is 1.25 bits per heavy atom. The van der Waals surface area contributed by atoms with Gasteiger partial charge in [0.25, 0.3) is 5.89 Å². The van der Waals surface area contributed by atoms with E-state index in [0.717, 1.165) is 5.56 Å². The number of carboxylic acids is 1. The van der Waals surface area contributed by atoms with E-state index in [1.165, 1.54) is 12.1 Å². The molecular formula is C13H10N4O3. The van der Waals surface area contributed by atoms with Crippen LogP contribution in [0.1, 0.15) is 10.4 Å². The quantitative estimate of drug-likeness (QED) is 0.780. The number of nitrogens with zero attached hydrogens (tertiary/aromatic N) is 4. The number of carboxylic acid groups (broad SMARTS) is 1. The number of hydrogen-bond donors (Lipinski definition) is 1. The summed E-state index contributed by atoms with van der Waals surface area (Å²) in [5.41, 5.74) is 1.63. The van der Waals surface area contributed by atoms with E-state index in [2.05, 4.69) is 15.2 Å². The third-order valence-corrected chi connectivity index (χ3v) is 2.77. The van der Waals surface area contributed by atoms with Gasteiger partial charge in [0, 0.05) is 18.8 Å². The fraction of sp³-hybridized carbons (Fsp3) is 0.0769. The van der Waals surface area contributed by atoms with Gasteiger partial charge >= 0.3 is 5.97 Å². The molecule has 0 unspecified atom stereocenters. The fourth-order valence-electron chi connectivity index (χ4n) is 1.75. The van der Waals surface area contributed by atoms with Gasteiger partial charge in [-0.3, -0.25) is 4.68 Å². The molecule has 0 saturated heterocycles. The van der Waals surface area contributed by atoms with E-state index in [1.807, 2.05) is 0 Å². The average Bonchev–Trinajstić information content (AvgIpc) is 3.07. The molecule has 7 nitrogen and oxygen atoms in total. The van der Waals surface area contributed by atoms with Crippen molar-refractivity contribution in [3.05, 3.63) is 42.2 Å². The van der Waals surface area contributed by atoms with Gasteiger partial charge in [-0.1, -0.05) is 5.16 Å². The molecule has 3 aromatic rings. The van der Waals surface area contributed by atoms with Crippen molar-refractivity contribution >= 4 is 5.97 Å².